The fourth-order valence-electron chi connectivity index (χ4n) is 3.90. The van der Waals surface area contributed by atoms with Crippen LogP contribution >= 0.6 is 0 Å². The average molecular weight is 597 g/mol. The summed E-state index contributed by atoms with van der Waals surface area (Å²) in [4.78, 5) is 0. The zero-order chi connectivity index (χ0) is 26.5. The number of benzene rings is 2. The zero-order valence-electron chi connectivity index (χ0n) is 21.7. The predicted octanol–water partition coefficient (Wildman–Crippen LogP) is 2.48. The van der Waals surface area contributed by atoms with Crippen molar-refractivity contribution in [2.24, 2.45) is 0 Å². The minimum Gasteiger partial charge on any atom is -0.435 e. The van der Waals surface area contributed by atoms with Crippen LogP contribution in [-0.2, 0) is 24.7 Å². The van der Waals surface area contributed by atoms with E-state index >= 15 is 0 Å². The highest BCUT2D eigenvalue weighted by molar-refractivity contribution is 6.98. The molecule has 0 spiro atoms. The van der Waals surface area contributed by atoms with E-state index in [2.05, 4.69) is 30.1 Å². The number of anilines is 2. The largest absolute Gasteiger partial charge is 0.435 e. The Bertz CT molecular complexity index is 950. The van der Waals surface area contributed by atoms with E-state index in [1.807, 2.05) is 81.3 Å². The van der Waals surface area contributed by atoms with Gasteiger partial charge in [0.1, 0.15) is 0 Å². The Hall–Kier alpha value is -0.682. The molecule has 0 heterocycles. The number of nitrogens with two attached hydrogens (primary N) is 2. The molecule has 8 nitrogen and oxygen atoms in total. The van der Waals surface area contributed by atoms with E-state index in [1.54, 1.807) is 0 Å². The summed E-state index contributed by atoms with van der Waals surface area (Å²) in [6, 6.07) is 15.7. The van der Waals surface area contributed by atoms with E-state index in [-0.39, 0.29) is 10.0 Å². The Morgan fingerprint density at radius 1 is 0.714 bits per heavy atom. The topological polar surface area (TPSA) is 107 Å². The third kappa shape index (κ3) is 9.61. The van der Waals surface area contributed by atoms with Gasteiger partial charge in [0.15, 0.2) is 0 Å². The van der Waals surface area contributed by atoms with Gasteiger partial charge in [-0.15, -0.1) is 0 Å². The van der Waals surface area contributed by atoms with Gasteiger partial charge in [-0.25, -0.2) is 0 Å². The van der Waals surface area contributed by atoms with Crippen molar-refractivity contribution >= 4 is 85.5 Å². The highest BCUT2D eigenvalue weighted by Crippen LogP contribution is 2.25. The van der Waals surface area contributed by atoms with E-state index in [9.17, 15) is 0 Å². The van der Waals surface area contributed by atoms with Crippen LogP contribution in [0.25, 0.3) is 0 Å². The summed E-state index contributed by atoms with van der Waals surface area (Å²) < 4.78 is 37.2. The first-order valence-electron chi connectivity index (χ1n) is 11.2. The quantitative estimate of drug-likeness (QED) is 0.268. The van der Waals surface area contributed by atoms with Gasteiger partial charge in [0, 0.05) is 11.4 Å². The van der Waals surface area contributed by atoms with Gasteiger partial charge in [0.05, 0.1) is 0 Å². The molecule has 0 aliphatic carbocycles. The van der Waals surface area contributed by atoms with Crippen LogP contribution in [0.2, 0.25) is 52.4 Å². The van der Waals surface area contributed by atoms with Gasteiger partial charge in [0.2, 0.25) is 18.8 Å². The highest BCUT2D eigenvalue weighted by atomic mass is 28.5. The van der Waals surface area contributed by atoms with Gasteiger partial charge in [-0.05, 0) is 87.0 Å². The number of nitrogen functional groups attached to an aromatic ring is 2. The second-order valence-electron chi connectivity index (χ2n) is 9.69. The molecule has 2 aromatic rings. The van der Waals surface area contributed by atoms with Crippen LogP contribution in [0.15, 0.2) is 48.5 Å². The zero-order valence-corrected chi connectivity index (χ0v) is 28.7. The normalized spacial score (nSPS) is 14.8. The first-order chi connectivity index (χ1) is 16.1. The van der Waals surface area contributed by atoms with Crippen LogP contribution in [0.3, 0.4) is 0 Å². The average Bonchev–Trinajstić information content (AvgIpc) is 2.70. The first-order valence-corrected chi connectivity index (χ1v) is 25.1. The van der Waals surface area contributed by atoms with Crippen LogP contribution in [0, 0.1) is 0 Å². The molecule has 0 fully saturated rings. The fourth-order valence-corrected chi connectivity index (χ4v) is 25.4. The molecule has 0 aromatic heterocycles. The molecule has 1 atom stereocenters. The molecule has 6 radical (unpaired) electrons. The number of hydrogen-bond acceptors (Lipinski definition) is 8. The van der Waals surface area contributed by atoms with Crippen molar-refractivity contribution in [2.45, 2.75) is 52.4 Å². The maximum absolute atomic E-state index is 7.03. The summed E-state index contributed by atoms with van der Waals surface area (Å²) in [5, 5.41) is 2.15. The molecule has 190 valence electrons. The summed E-state index contributed by atoms with van der Waals surface area (Å²) in [6.45, 7) is 16.5. The second-order valence-corrected chi connectivity index (χ2v) is 27.4. The van der Waals surface area contributed by atoms with Gasteiger partial charge < -0.3 is 36.2 Å². The van der Waals surface area contributed by atoms with Crippen molar-refractivity contribution < 1.29 is 24.7 Å². The monoisotopic (exact) mass is 596 g/mol. The van der Waals surface area contributed by atoms with Crippen molar-refractivity contribution in [1.82, 2.24) is 0 Å². The van der Waals surface area contributed by atoms with E-state index < -0.39 is 43.3 Å². The van der Waals surface area contributed by atoms with E-state index in [0.29, 0.717) is 5.69 Å². The minimum absolute atomic E-state index is 0.127. The number of rotatable bonds is 13. The van der Waals surface area contributed by atoms with E-state index in [0.717, 1.165) is 16.1 Å². The predicted molar refractivity (Wildman–Crippen MR) is 155 cm³/mol. The lowest BCUT2D eigenvalue weighted by molar-refractivity contribution is 0.292. The van der Waals surface area contributed by atoms with E-state index in [1.165, 1.54) is 0 Å². The van der Waals surface area contributed by atoms with Crippen LogP contribution in [0.4, 0.5) is 11.4 Å². The molecule has 0 bridgehead atoms. The Labute approximate surface area is 221 Å². The molecule has 0 aliphatic heterocycles. The van der Waals surface area contributed by atoms with Crippen LogP contribution in [0.5, 0.6) is 0 Å². The van der Waals surface area contributed by atoms with E-state index in [4.69, 9.17) is 36.2 Å². The van der Waals surface area contributed by atoms with Crippen LogP contribution in [-0.4, -0.2) is 63.8 Å². The Morgan fingerprint density at radius 2 is 1.20 bits per heavy atom. The first kappa shape index (κ1) is 30.5. The summed E-state index contributed by atoms with van der Waals surface area (Å²) in [5.74, 6) is 0. The lowest BCUT2D eigenvalue weighted by Gasteiger charge is -2.42. The molecule has 0 saturated heterocycles. The summed E-state index contributed by atoms with van der Waals surface area (Å²) in [7, 11) is -9.28. The van der Waals surface area contributed by atoms with Crippen molar-refractivity contribution in [3.63, 3.8) is 0 Å². The Balaban J connectivity index is 2.33. The van der Waals surface area contributed by atoms with Gasteiger partial charge in [-0.2, -0.15) is 0 Å². The smallest absolute Gasteiger partial charge is 0.411 e. The van der Waals surface area contributed by atoms with Gasteiger partial charge in [0.25, 0.3) is 0 Å². The molecule has 2 aromatic carbocycles. The molecule has 4 N–H and O–H groups in total. The fraction of sp³-hybridized carbons (Fsp3) is 0.400. The highest BCUT2D eigenvalue weighted by Gasteiger charge is 2.48. The molecule has 1 unspecified atom stereocenters. The Kier molecular flexibility index (Phi) is 10.7. The molecular formula is C20H36N2O6Si7. The minimum atomic E-state index is -2.95. The second kappa shape index (κ2) is 12.2. The molecule has 15 heteroatoms. The van der Waals surface area contributed by atoms with Crippen molar-refractivity contribution in [2.75, 3.05) is 11.5 Å². The summed E-state index contributed by atoms with van der Waals surface area (Å²) >= 11 is 0. The number of hydrogen-bond donors (Lipinski definition) is 2. The molecule has 0 aliphatic rings. The van der Waals surface area contributed by atoms with Crippen molar-refractivity contribution in [3.8, 4) is 0 Å². The summed E-state index contributed by atoms with van der Waals surface area (Å²) in [5.41, 5.74) is 13.3. The maximum Gasteiger partial charge on any atom is 0.411 e. The maximum atomic E-state index is 7.03. The lowest BCUT2D eigenvalue weighted by Crippen LogP contribution is -2.65. The van der Waals surface area contributed by atoms with Gasteiger partial charge in [-0.3, -0.25) is 0 Å². The standard InChI is InChI=1S/C20H36N2O6Si7/c1-31(24-30-23-29)25-33(4,5)27-34(6,7)28-35(8,20-15-11-18(22)12-16-20)26-32(2,3)19-13-9-17(21)10-14-19/h9-16H,21-22H2,1-8H3. The van der Waals surface area contributed by atoms with Crippen LogP contribution < -0.4 is 21.8 Å². The van der Waals surface area contributed by atoms with Gasteiger partial charge >= 0.3 is 45.0 Å². The molecular weight excluding hydrogens is 561 g/mol. The Morgan fingerprint density at radius 3 is 1.69 bits per heavy atom. The van der Waals surface area contributed by atoms with Gasteiger partial charge in [-0.1, -0.05) is 24.3 Å². The van der Waals surface area contributed by atoms with Crippen molar-refractivity contribution in [1.29, 1.82) is 0 Å². The summed E-state index contributed by atoms with van der Waals surface area (Å²) in [6.07, 6.45) is 0. The van der Waals surface area contributed by atoms with Crippen molar-refractivity contribution in [3.05, 3.63) is 48.5 Å². The molecule has 0 amide bonds. The SMILES string of the molecule is C[Si](O[Si]O[Si])O[Si](C)(C)O[Si](C)(C)O[Si](C)(O[Si](C)(C)c1ccc(N)cc1)c1ccc(N)cc1. The van der Waals surface area contributed by atoms with Crippen LogP contribution in [0.1, 0.15) is 0 Å². The molecule has 0 saturated carbocycles. The lowest BCUT2D eigenvalue weighted by atomic mass is 10.3. The molecule has 35 heavy (non-hydrogen) atoms. The third-order valence-corrected chi connectivity index (χ3v) is 24.1. The molecule has 2 rings (SSSR count). The third-order valence-electron chi connectivity index (χ3n) is 5.04.